The molecule has 34 heavy (non-hydrogen) atoms. The monoisotopic (exact) mass is 484 g/mol. The lowest BCUT2D eigenvalue weighted by Gasteiger charge is -2.47. The summed E-state index contributed by atoms with van der Waals surface area (Å²) < 4.78 is 5.95. The van der Waals surface area contributed by atoms with Gasteiger partial charge >= 0.3 is 6.03 Å². The summed E-state index contributed by atoms with van der Waals surface area (Å²) in [7, 11) is 0. The maximum absolute atomic E-state index is 13.0. The van der Waals surface area contributed by atoms with Gasteiger partial charge in [-0.05, 0) is 56.9 Å². The first-order valence-corrected chi connectivity index (χ1v) is 13.5. The van der Waals surface area contributed by atoms with E-state index >= 15 is 0 Å². The normalized spacial score (nSPS) is 22.8. The number of anilines is 1. The molecule has 3 amide bonds. The standard InChI is InChI=1S/C25H36N6O2S/c1-19(2)29-15-16-30-20(18-29)17-23(32)31(25(30)33)10-6-5-9-27-11-13-28(14-12-27)24-21-7-3-4-8-22(21)34-26-24/h3-4,7-8,19-20H,5-6,9-18H2,1-2H3/t20-/m1/s1. The van der Waals surface area contributed by atoms with Gasteiger partial charge in [0.2, 0.25) is 5.91 Å². The van der Waals surface area contributed by atoms with Crippen molar-refractivity contribution in [3.63, 3.8) is 0 Å². The number of aromatic nitrogens is 1. The first-order chi connectivity index (χ1) is 16.5. The molecular formula is C25H36N6O2S. The van der Waals surface area contributed by atoms with E-state index in [2.05, 4.69) is 52.8 Å². The topological polar surface area (TPSA) is 63.2 Å². The third-order valence-electron chi connectivity index (χ3n) is 7.57. The molecule has 3 fully saturated rings. The fourth-order valence-corrected chi connectivity index (χ4v) is 6.25. The van der Waals surface area contributed by atoms with Crippen molar-refractivity contribution >= 4 is 39.4 Å². The maximum atomic E-state index is 13.0. The van der Waals surface area contributed by atoms with Crippen LogP contribution < -0.4 is 4.90 Å². The van der Waals surface area contributed by atoms with E-state index in [1.165, 1.54) is 15.0 Å². The van der Waals surface area contributed by atoms with E-state index in [4.69, 9.17) is 4.37 Å². The van der Waals surface area contributed by atoms with Crippen molar-refractivity contribution in [2.75, 3.05) is 63.8 Å². The molecule has 1 atom stereocenters. The summed E-state index contributed by atoms with van der Waals surface area (Å²) in [6.45, 7) is 12.4. The average molecular weight is 485 g/mol. The molecule has 8 nitrogen and oxygen atoms in total. The molecule has 1 aromatic heterocycles. The van der Waals surface area contributed by atoms with Crippen molar-refractivity contribution in [1.82, 2.24) is 24.0 Å². The van der Waals surface area contributed by atoms with Crippen LogP contribution in [0.2, 0.25) is 0 Å². The molecule has 0 N–H and O–H groups in total. The van der Waals surface area contributed by atoms with Crippen LogP contribution in [0.15, 0.2) is 24.3 Å². The van der Waals surface area contributed by atoms with E-state index in [0.717, 1.165) is 71.0 Å². The Balaban J connectivity index is 1.05. The fourth-order valence-electron chi connectivity index (χ4n) is 5.46. The molecule has 184 valence electrons. The predicted molar refractivity (Wildman–Crippen MR) is 136 cm³/mol. The van der Waals surface area contributed by atoms with Crippen LogP contribution in [0, 0.1) is 0 Å². The Kier molecular flexibility index (Phi) is 7.04. The van der Waals surface area contributed by atoms with Crippen LogP contribution in [0.3, 0.4) is 0 Å². The Hall–Kier alpha value is -2.23. The SMILES string of the molecule is CC(C)N1CCN2C(=O)N(CCCCN3CCN(c4nsc5ccccc45)CC3)C(=O)C[C@@H]2C1. The molecule has 3 aliphatic rings. The number of hydrogen-bond acceptors (Lipinski definition) is 7. The Morgan fingerprint density at radius 1 is 1.00 bits per heavy atom. The first kappa shape index (κ1) is 23.5. The van der Waals surface area contributed by atoms with Crippen LogP contribution >= 0.6 is 11.5 Å². The molecule has 3 aliphatic heterocycles. The average Bonchev–Trinajstić information content (AvgIpc) is 3.27. The highest BCUT2D eigenvalue weighted by Gasteiger charge is 2.41. The second kappa shape index (κ2) is 10.2. The zero-order valence-electron chi connectivity index (χ0n) is 20.4. The van der Waals surface area contributed by atoms with Crippen molar-refractivity contribution in [3.8, 4) is 0 Å². The number of fused-ring (bicyclic) bond motifs is 2. The zero-order chi connectivity index (χ0) is 23.7. The smallest absolute Gasteiger partial charge is 0.327 e. The second-order valence-electron chi connectivity index (χ2n) is 10.0. The van der Waals surface area contributed by atoms with Crippen LogP contribution in [-0.2, 0) is 4.79 Å². The number of carbonyl (C=O) groups excluding carboxylic acids is 2. The van der Waals surface area contributed by atoms with Crippen LogP contribution in [0.5, 0.6) is 0 Å². The first-order valence-electron chi connectivity index (χ1n) is 12.7. The summed E-state index contributed by atoms with van der Waals surface area (Å²) in [5.41, 5.74) is 0. The highest BCUT2D eigenvalue weighted by Crippen LogP contribution is 2.30. The molecule has 0 radical (unpaired) electrons. The Labute approximate surface area is 206 Å². The molecule has 0 bridgehead atoms. The molecule has 0 unspecified atom stereocenters. The number of imide groups is 1. The van der Waals surface area contributed by atoms with Crippen molar-refractivity contribution in [2.45, 2.75) is 45.2 Å². The van der Waals surface area contributed by atoms with E-state index in [0.29, 0.717) is 19.0 Å². The van der Waals surface area contributed by atoms with Gasteiger partial charge in [0.05, 0.1) is 10.7 Å². The van der Waals surface area contributed by atoms with Crippen molar-refractivity contribution in [1.29, 1.82) is 0 Å². The molecule has 0 aliphatic carbocycles. The van der Waals surface area contributed by atoms with Crippen molar-refractivity contribution in [3.05, 3.63) is 24.3 Å². The van der Waals surface area contributed by atoms with Gasteiger partial charge < -0.3 is 9.80 Å². The van der Waals surface area contributed by atoms with Gasteiger partial charge in [0.15, 0.2) is 0 Å². The lowest BCUT2D eigenvalue weighted by Crippen LogP contribution is -2.64. The third-order valence-corrected chi connectivity index (χ3v) is 8.39. The number of carbonyl (C=O) groups is 2. The van der Waals surface area contributed by atoms with E-state index < -0.39 is 0 Å². The van der Waals surface area contributed by atoms with E-state index in [9.17, 15) is 9.59 Å². The highest BCUT2D eigenvalue weighted by molar-refractivity contribution is 7.13. The van der Waals surface area contributed by atoms with Gasteiger partial charge in [0.25, 0.3) is 0 Å². The van der Waals surface area contributed by atoms with Crippen LogP contribution in [0.4, 0.5) is 10.6 Å². The molecule has 4 heterocycles. The number of urea groups is 1. The van der Waals surface area contributed by atoms with Gasteiger partial charge in [0, 0.05) is 70.2 Å². The lowest BCUT2D eigenvalue weighted by atomic mass is 10.0. The molecule has 0 spiro atoms. The summed E-state index contributed by atoms with van der Waals surface area (Å²) in [6, 6.07) is 8.87. The molecule has 3 saturated heterocycles. The number of piperazine rings is 2. The number of benzene rings is 1. The van der Waals surface area contributed by atoms with Crippen LogP contribution in [-0.4, -0.2) is 107 Å². The van der Waals surface area contributed by atoms with E-state index in [1.54, 1.807) is 11.5 Å². The number of amides is 3. The van der Waals surface area contributed by atoms with Crippen LogP contribution in [0.25, 0.3) is 10.1 Å². The van der Waals surface area contributed by atoms with Gasteiger partial charge in [-0.3, -0.25) is 19.5 Å². The minimum absolute atomic E-state index is 0.000889. The second-order valence-corrected chi connectivity index (χ2v) is 10.8. The van der Waals surface area contributed by atoms with Gasteiger partial charge in [0.1, 0.15) is 5.82 Å². The summed E-state index contributed by atoms with van der Waals surface area (Å²) in [4.78, 5) is 36.4. The molecule has 2 aromatic rings. The number of rotatable bonds is 7. The Morgan fingerprint density at radius 3 is 2.56 bits per heavy atom. The van der Waals surface area contributed by atoms with Gasteiger partial charge in [-0.1, -0.05) is 12.1 Å². The van der Waals surface area contributed by atoms with Gasteiger partial charge in [-0.2, -0.15) is 4.37 Å². The number of unbranched alkanes of at least 4 members (excludes halogenated alkanes) is 1. The fraction of sp³-hybridized carbons (Fsp3) is 0.640. The number of nitrogens with zero attached hydrogens (tertiary/aromatic N) is 6. The molecule has 5 rings (SSSR count). The molecule has 0 saturated carbocycles. The minimum Gasteiger partial charge on any atom is -0.353 e. The van der Waals surface area contributed by atoms with E-state index in [1.807, 2.05) is 4.90 Å². The highest BCUT2D eigenvalue weighted by atomic mass is 32.1. The van der Waals surface area contributed by atoms with Gasteiger partial charge in [-0.25, -0.2) is 4.79 Å². The zero-order valence-corrected chi connectivity index (χ0v) is 21.2. The maximum Gasteiger partial charge on any atom is 0.327 e. The minimum atomic E-state index is -0.0752. The summed E-state index contributed by atoms with van der Waals surface area (Å²) >= 11 is 1.58. The van der Waals surface area contributed by atoms with Crippen LogP contribution in [0.1, 0.15) is 33.1 Å². The molecular weight excluding hydrogens is 448 g/mol. The van der Waals surface area contributed by atoms with Gasteiger partial charge in [-0.15, -0.1) is 0 Å². The molecule has 1 aromatic carbocycles. The van der Waals surface area contributed by atoms with Crippen molar-refractivity contribution in [2.24, 2.45) is 0 Å². The quantitative estimate of drug-likeness (QED) is 0.563. The largest absolute Gasteiger partial charge is 0.353 e. The Bertz CT molecular complexity index is 1020. The Morgan fingerprint density at radius 2 is 1.76 bits per heavy atom. The summed E-state index contributed by atoms with van der Waals surface area (Å²) in [6.07, 6.45) is 2.33. The van der Waals surface area contributed by atoms with Crippen molar-refractivity contribution < 1.29 is 9.59 Å². The summed E-state index contributed by atoms with van der Waals surface area (Å²) in [5, 5.41) is 1.25. The summed E-state index contributed by atoms with van der Waals surface area (Å²) in [5.74, 6) is 1.12. The lowest BCUT2D eigenvalue weighted by molar-refractivity contribution is -0.134. The third kappa shape index (κ3) is 4.78. The number of hydrogen-bond donors (Lipinski definition) is 0. The predicted octanol–water partition coefficient (Wildman–Crippen LogP) is 2.95. The molecule has 9 heteroatoms. The van der Waals surface area contributed by atoms with E-state index in [-0.39, 0.29) is 18.0 Å².